The predicted octanol–water partition coefficient (Wildman–Crippen LogP) is 1.23. The predicted molar refractivity (Wildman–Crippen MR) is 60.6 cm³/mol. The molecule has 16 heavy (non-hydrogen) atoms. The molecule has 0 spiro atoms. The molecule has 0 aliphatic heterocycles. The van der Waals surface area contributed by atoms with E-state index in [4.69, 9.17) is 15.4 Å². The van der Waals surface area contributed by atoms with Crippen LogP contribution in [0.25, 0.3) is 0 Å². The topological polar surface area (TPSA) is 72.5 Å². The van der Waals surface area contributed by atoms with Gasteiger partial charge in [-0.15, -0.1) is 0 Å². The van der Waals surface area contributed by atoms with E-state index in [1.54, 1.807) is 6.07 Å². The summed E-state index contributed by atoms with van der Waals surface area (Å²) in [6.07, 6.45) is 0.571. The van der Waals surface area contributed by atoms with Gasteiger partial charge in [-0.1, -0.05) is 6.07 Å². The van der Waals surface area contributed by atoms with Crippen molar-refractivity contribution in [3.8, 4) is 5.75 Å². The average Bonchev–Trinajstić information content (AvgIpc) is 2.24. The fourth-order valence-electron chi connectivity index (χ4n) is 1.20. The van der Waals surface area contributed by atoms with Crippen molar-refractivity contribution in [2.75, 3.05) is 19.0 Å². The number of para-hydroxylation sites is 1. The smallest absolute Gasteiger partial charge is 0.263 e. The fourth-order valence-corrected chi connectivity index (χ4v) is 2.28. The Morgan fingerprint density at radius 2 is 2.19 bits per heavy atom. The van der Waals surface area contributed by atoms with Gasteiger partial charge >= 0.3 is 0 Å². The average molecular weight is 264 g/mol. The normalized spacial score (nSPS) is 10.9. The Morgan fingerprint density at radius 3 is 2.69 bits per heavy atom. The molecule has 5 nitrogen and oxygen atoms in total. The second-order valence-electron chi connectivity index (χ2n) is 2.79. The molecule has 0 atom stereocenters. The Kier molecular flexibility index (Phi) is 4.14. The highest BCUT2D eigenvalue weighted by Crippen LogP contribution is 2.33. The molecule has 0 aliphatic carbocycles. The second kappa shape index (κ2) is 5.18. The SMILES string of the molecule is CNc1c(OCC=O)cccc1S(=O)(=O)Cl. The molecule has 88 valence electrons. The molecule has 7 heteroatoms. The maximum atomic E-state index is 11.2. The van der Waals surface area contributed by atoms with Gasteiger partial charge in [0.1, 0.15) is 17.3 Å². The lowest BCUT2D eigenvalue weighted by Gasteiger charge is -2.11. The van der Waals surface area contributed by atoms with Crippen molar-refractivity contribution in [1.82, 2.24) is 0 Å². The molecule has 1 rings (SSSR count). The second-order valence-corrected chi connectivity index (χ2v) is 5.33. The van der Waals surface area contributed by atoms with Crippen LogP contribution in [0.4, 0.5) is 5.69 Å². The summed E-state index contributed by atoms with van der Waals surface area (Å²) in [5.41, 5.74) is 0.236. The number of benzene rings is 1. The highest BCUT2D eigenvalue weighted by atomic mass is 35.7. The highest BCUT2D eigenvalue weighted by molar-refractivity contribution is 8.13. The monoisotopic (exact) mass is 263 g/mol. The van der Waals surface area contributed by atoms with Crippen LogP contribution in [0.2, 0.25) is 0 Å². The van der Waals surface area contributed by atoms with Crippen LogP contribution in [0.3, 0.4) is 0 Å². The molecule has 0 saturated heterocycles. The summed E-state index contributed by atoms with van der Waals surface area (Å²) in [4.78, 5) is 10.1. The summed E-state index contributed by atoms with van der Waals surface area (Å²) in [5, 5.41) is 2.68. The van der Waals surface area contributed by atoms with E-state index in [9.17, 15) is 13.2 Å². The van der Waals surface area contributed by atoms with Crippen LogP contribution in [-0.4, -0.2) is 28.4 Å². The van der Waals surface area contributed by atoms with Gasteiger partial charge in [0, 0.05) is 17.7 Å². The van der Waals surface area contributed by atoms with Gasteiger partial charge in [0.2, 0.25) is 0 Å². The maximum Gasteiger partial charge on any atom is 0.263 e. The van der Waals surface area contributed by atoms with Gasteiger partial charge in [-0.3, -0.25) is 4.79 Å². The van der Waals surface area contributed by atoms with E-state index in [1.807, 2.05) is 0 Å². The Hall–Kier alpha value is -1.27. The summed E-state index contributed by atoms with van der Waals surface area (Å²) in [5.74, 6) is 0.260. The Balaban J connectivity index is 3.26. The van der Waals surface area contributed by atoms with Crippen LogP contribution in [0, 0.1) is 0 Å². The van der Waals surface area contributed by atoms with E-state index in [2.05, 4.69) is 5.32 Å². The van der Waals surface area contributed by atoms with Gasteiger partial charge in [0.25, 0.3) is 9.05 Å². The highest BCUT2D eigenvalue weighted by Gasteiger charge is 2.18. The molecule has 0 fully saturated rings. The number of halogens is 1. The van der Waals surface area contributed by atoms with Gasteiger partial charge in [-0.25, -0.2) is 8.42 Å². The third-order valence-electron chi connectivity index (χ3n) is 1.81. The zero-order valence-corrected chi connectivity index (χ0v) is 10.0. The molecule has 0 unspecified atom stereocenters. The first-order valence-corrected chi connectivity index (χ1v) is 6.63. The fraction of sp³-hybridized carbons (Fsp3) is 0.222. The third-order valence-corrected chi connectivity index (χ3v) is 3.17. The number of carbonyl (C=O) groups is 1. The largest absolute Gasteiger partial charge is 0.484 e. The van der Waals surface area contributed by atoms with E-state index >= 15 is 0 Å². The first-order valence-electron chi connectivity index (χ1n) is 4.32. The van der Waals surface area contributed by atoms with Gasteiger partial charge in [-0.2, -0.15) is 0 Å². The van der Waals surface area contributed by atoms with Crippen LogP contribution in [-0.2, 0) is 13.8 Å². The van der Waals surface area contributed by atoms with E-state index in [0.29, 0.717) is 6.29 Å². The molecule has 0 heterocycles. The number of carbonyl (C=O) groups excluding carboxylic acids is 1. The minimum atomic E-state index is -3.85. The van der Waals surface area contributed by atoms with Crippen molar-refractivity contribution in [3.63, 3.8) is 0 Å². The first-order chi connectivity index (χ1) is 7.50. The number of hydrogen-bond donors (Lipinski definition) is 1. The molecule has 1 aromatic carbocycles. The lowest BCUT2D eigenvalue weighted by molar-refractivity contribution is -0.109. The van der Waals surface area contributed by atoms with Crippen LogP contribution >= 0.6 is 10.7 Å². The number of nitrogens with one attached hydrogen (secondary N) is 1. The number of ether oxygens (including phenoxy) is 1. The Bertz CT molecular complexity index is 486. The van der Waals surface area contributed by atoms with Gasteiger partial charge in [0.05, 0.1) is 5.69 Å². The van der Waals surface area contributed by atoms with Crippen molar-refractivity contribution in [3.05, 3.63) is 18.2 Å². The van der Waals surface area contributed by atoms with Gasteiger partial charge < -0.3 is 10.1 Å². The lowest BCUT2D eigenvalue weighted by atomic mass is 10.3. The number of hydrogen-bond acceptors (Lipinski definition) is 5. The minimum Gasteiger partial charge on any atom is -0.484 e. The van der Waals surface area contributed by atoms with Crippen molar-refractivity contribution < 1.29 is 17.9 Å². The molecule has 1 N–H and O–H groups in total. The third kappa shape index (κ3) is 2.86. The quantitative estimate of drug-likeness (QED) is 0.639. The number of anilines is 1. The zero-order valence-electron chi connectivity index (χ0n) is 8.44. The molecule has 0 amide bonds. The molecular weight excluding hydrogens is 254 g/mol. The molecule has 1 aromatic rings. The van der Waals surface area contributed by atoms with Crippen LogP contribution in [0.1, 0.15) is 0 Å². The van der Waals surface area contributed by atoms with E-state index < -0.39 is 9.05 Å². The summed E-state index contributed by atoms with van der Waals surface area (Å²) in [7, 11) is 2.94. The minimum absolute atomic E-state index is 0.0833. The van der Waals surface area contributed by atoms with Crippen molar-refractivity contribution >= 4 is 31.7 Å². The summed E-state index contributed by atoms with van der Waals surface area (Å²) in [6, 6.07) is 4.37. The molecule has 0 bridgehead atoms. The number of rotatable bonds is 5. The molecular formula is C9H10ClNO4S. The lowest BCUT2D eigenvalue weighted by Crippen LogP contribution is -2.04. The van der Waals surface area contributed by atoms with Crippen molar-refractivity contribution in [1.29, 1.82) is 0 Å². The Morgan fingerprint density at radius 1 is 1.50 bits per heavy atom. The Labute approximate surface area is 97.8 Å². The summed E-state index contributed by atoms with van der Waals surface area (Å²) < 4.78 is 27.5. The summed E-state index contributed by atoms with van der Waals surface area (Å²) >= 11 is 0. The van der Waals surface area contributed by atoms with Gasteiger partial charge in [0.15, 0.2) is 6.29 Å². The molecule has 0 aromatic heterocycles. The molecule has 0 saturated carbocycles. The van der Waals surface area contributed by atoms with E-state index in [0.717, 1.165) is 0 Å². The number of aldehydes is 1. The van der Waals surface area contributed by atoms with E-state index in [-0.39, 0.29) is 22.9 Å². The van der Waals surface area contributed by atoms with Crippen LogP contribution in [0.15, 0.2) is 23.1 Å². The first kappa shape index (κ1) is 12.8. The molecule has 0 aliphatic rings. The standard InChI is InChI=1S/C9H10ClNO4S/c1-11-9-7(15-6-5-12)3-2-4-8(9)16(10,13)14/h2-5,11H,6H2,1H3. The van der Waals surface area contributed by atoms with E-state index in [1.165, 1.54) is 19.2 Å². The van der Waals surface area contributed by atoms with Crippen LogP contribution < -0.4 is 10.1 Å². The zero-order chi connectivity index (χ0) is 12.2. The maximum absolute atomic E-state index is 11.2. The summed E-state index contributed by atoms with van der Waals surface area (Å²) in [6.45, 7) is -0.152. The van der Waals surface area contributed by atoms with Crippen LogP contribution in [0.5, 0.6) is 5.75 Å². The van der Waals surface area contributed by atoms with Crippen molar-refractivity contribution in [2.45, 2.75) is 4.90 Å². The van der Waals surface area contributed by atoms with Gasteiger partial charge in [-0.05, 0) is 12.1 Å². The van der Waals surface area contributed by atoms with Crippen molar-refractivity contribution in [2.24, 2.45) is 0 Å². The molecule has 0 radical (unpaired) electrons.